The fourth-order valence-electron chi connectivity index (χ4n) is 3.04. The molecule has 1 aliphatic heterocycles. The summed E-state index contributed by atoms with van der Waals surface area (Å²) in [4.78, 5) is 26.3. The van der Waals surface area contributed by atoms with Crippen LogP contribution in [-0.2, 0) is 4.79 Å². The molecule has 1 fully saturated rings. The molecule has 6 nitrogen and oxygen atoms in total. The summed E-state index contributed by atoms with van der Waals surface area (Å²) in [5, 5.41) is 2.92. The van der Waals surface area contributed by atoms with E-state index in [1.165, 1.54) is 18.1 Å². The number of nitrogens with zero attached hydrogens (tertiary/aromatic N) is 1. The molecular weight excluding hydrogens is 332 g/mol. The van der Waals surface area contributed by atoms with Gasteiger partial charge in [-0.1, -0.05) is 17.7 Å². The number of carbonyl (C=O) groups excluding carboxylic acids is 2. The van der Waals surface area contributed by atoms with Gasteiger partial charge in [0.05, 0.1) is 18.4 Å². The Hall–Kier alpha value is -2.76. The topological polar surface area (TPSA) is 71.8 Å². The van der Waals surface area contributed by atoms with E-state index in [1.54, 1.807) is 11.0 Å². The van der Waals surface area contributed by atoms with Crippen LogP contribution >= 0.6 is 0 Å². The van der Waals surface area contributed by atoms with Crippen molar-refractivity contribution in [1.29, 1.82) is 0 Å². The molecule has 0 aliphatic carbocycles. The molecule has 0 spiro atoms. The van der Waals surface area contributed by atoms with Crippen LogP contribution in [0, 0.1) is 12.8 Å². The summed E-state index contributed by atoms with van der Waals surface area (Å²) in [6, 6.07) is 9.49. The number of piperidine rings is 1. The Bertz CT molecular complexity index is 717. The van der Waals surface area contributed by atoms with E-state index in [4.69, 9.17) is 9.15 Å². The minimum Gasteiger partial charge on any atom is -0.492 e. The van der Waals surface area contributed by atoms with E-state index in [1.807, 2.05) is 31.2 Å². The van der Waals surface area contributed by atoms with E-state index in [-0.39, 0.29) is 17.7 Å². The zero-order valence-corrected chi connectivity index (χ0v) is 14.9. The Morgan fingerprint density at radius 2 is 1.92 bits per heavy atom. The first-order valence-electron chi connectivity index (χ1n) is 8.92. The highest BCUT2D eigenvalue weighted by Crippen LogP contribution is 2.19. The van der Waals surface area contributed by atoms with Crippen molar-refractivity contribution < 1.29 is 18.7 Å². The standard InChI is InChI=1S/C20H24N2O4/c1-15-2-4-18(5-3-15)26-13-9-21-19(23)16-6-10-22(11-7-16)20(24)17-8-12-25-14-17/h2-5,8,12,14,16H,6-7,9-11,13H2,1H3,(H,21,23). The average molecular weight is 356 g/mol. The molecule has 138 valence electrons. The summed E-state index contributed by atoms with van der Waals surface area (Å²) in [5.74, 6) is 0.746. The summed E-state index contributed by atoms with van der Waals surface area (Å²) >= 11 is 0. The number of benzene rings is 1. The Balaban J connectivity index is 1.36. The second-order valence-corrected chi connectivity index (χ2v) is 6.53. The van der Waals surface area contributed by atoms with E-state index in [9.17, 15) is 9.59 Å². The number of rotatable bonds is 6. The van der Waals surface area contributed by atoms with Crippen LogP contribution in [0.4, 0.5) is 0 Å². The Kier molecular flexibility index (Phi) is 5.94. The molecule has 6 heteroatoms. The molecule has 1 aliphatic rings. The highest BCUT2D eigenvalue weighted by Gasteiger charge is 2.27. The number of hydrogen-bond donors (Lipinski definition) is 1. The fourth-order valence-corrected chi connectivity index (χ4v) is 3.04. The van der Waals surface area contributed by atoms with Gasteiger partial charge in [-0.2, -0.15) is 0 Å². The van der Waals surface area contributed by atoms with E-state index in [0.717, 1.165) is 5.75 Å². The van der Waals surface area contributed by atoms with Crippen LogP contribution in [-0.4, -0.2) is 43.0 Å². The summed E-state index contributed by atoms with van der Waals surface area (Å²) in [6.45, 7) is 4.11. The highest BCUT2D eigenvalue weighted by atomic mass is 16.5. The van der Waals surface area contributed by atoms with Gasteiger partial charge in [-0.05, 0) is 38.0 Å². The van der Waals surface area contributed by atoms with Crippen molar-refractivity contribution >= 4 is 11.8 Å². The van der Waals surface area contributed by atoms with Crippen molar-refractivity contribution in [1.82, 2.24) is 10.2 Å². The molecule has 2 heterocycles. The number of amides is 2. The molecule has 26 heavy (non-hydrogen) atoms. The average Bonchev–Trinajstić information content (AvgIpc) is 3.21. The second kappa shape index (κ2) is 8.56. The molecule has 1 saturated heterocycles. The van der Waals surface area contributed by atoms with Crippen LogP contribution in [0.3, 0.4) is 0 Å². The lowest BCUT2D eigenvalue weighted by Gasteiger charge is -2.31. The van der Waals surface area contributed by atoms with E-state index in [2.05, 4.69) is 5.32 Å². The molecule has 3 rings (SSSR count). The summed E-state index contributed by atoms with van der Waals surface area (Å²) in [7, 11) is 0. The molecular formula is C20H24N2O4. The lowest BCUT2D eigenvalue weighted by molar-refractivity contribution is -0.126. The third-order valence-electron chi connectivity index (χ3n) is 4.61. The van der Waals surface area contributed by atoms with E-state index >= 15 is 0 Å². The van der Waals surface area contributed by atoms with Gasteiger partial charge in [0, 0.05) is 19.0 Å². The number of ether oxygens (including phenoxy) is 1. The van der Waals surface area contributed by atoms with Gasteiger partial charge < -0.3 is 19.4 Å². The minimum absolute atomic E-state index is 0.0351. The first-order chi connectivity index (χ1) is 12.6. The van der Waals surface area contributed by atoms with Gasteiger partial charge >= 0.3 is 0 Å². The molecule has 2 aromatic rings. The van der Waals surface area contributed by atoms with Gasteiger partial charge in [0.15, 0.2) is 0 Å². The minimum atomic E-state index is -0.0530. The third-order valence-corrected chi connectivity index (χ3v) is 4.61. The van der Waals surface area contributed by atoms with Crippen molar-refractivity contribution in [3.05, 3.63) is 54.0 Å². The van der Waals surface area contributed by atoms with E-state index < -0.39 is 0 Å². The van der Waals surface area contributed by atoms with Crippen molar-refractivity contribution in [2.45, 2.75) is 19.8 Å². The fraction of sp³-hybridized carbons (Fsp3) is 0.400. The summed E-state index contributed by atoms with van der Waals surface area (Å²) in [6.07, 6.45) is 4.30. The molecule has 1 N–H and O–H groups in total. The van der Waals surface area contributed by atoms with Gasteiger partial charge in [0.2, 0.25) is 5.91 Å². The van der Waals surface area contributed by atoms with Gasteiger partial charge in [-0.25, -0.2) is 0 Å². The third kappa shape index (κ3) is 4.65. The molecule has 1 aromatic carbocycles. The predicted molar refractivity (Wildman–Crippen MR) is 97.0 cm³/mol. The predicted octanol–water partition coefficient (Wildman–Crippen LogP) is 2.64. The number of hydrogen-bond acceptors (Lipinski definition) is 4. The van der Waals surface area contributed by atoms with Crippen molar-refractivity contribution in [3.8, 4) is 5.75 Å². The Morgan fingerprint density at radius 3 is 2.58 bits per heavy atom. The zero-order valence-electron chi connectivity index (χ0n) is 14.9. The number of likely N-dealkylation sites (tertiary alicyclic amines) is 1. The normalized spacial score (nSPS) is 14.9. The van der Waals surface area contributed by atoms with Gasteiger partial charge in [-0.15, -0.1) is 0 Å². The number of aryl methyl sites for hydroxylation is 1. The molecule has 0 radical (unpaired) electrons. The van der Waals surface area contributed by atoms with Gasteiger partial charge in [0.1, 0.15) is 18.6 Å². The van der Waals surface area contributed by atoms with Crippen molar-refractivity contribution in [3.63, 3.8) is 0 Å². The molecule has 0 bridgehead atoms. The largest absolute Gasteiger partial charge is 0.492 e. The lowest BCUT2D eigenvalue weighted by Crippen LogP contribution is -2.43. The molecule has 0 atom stereocenters. The summed E-state index contributed by atoms with van der Waals surface area (Å²) in [5.41, 5.74) is 1.74. The van der Waals surface area contributed by atoms with Gasteiger partial charge in [0.25, 0.3) is 5.91 Å². The first kappa shape index (κ1) is 18.0. The van der Waals surface area contributed by atoms with Crippen LogP contribution < -0.4 is 10.1 Å². The van der Waals surface area contributed by atoms with Gasteiger partial charge in [-0.3, -0.25) is 9.59 Å². The van der Waals surface area contributed by atoms with Crippen LogP contribution in [0.2, 0.25) is 0 Å². The number of nitrogens with one attached hydrogen (secondary N) is 1. The smallest absolute Gasteiger partial charge is 0.257 e. The Labute approximate surface area is 153 Å². The lowest BCUT2D eigenvalue weighted by atomic mass is 9.95. The molecule has 1 aromatic heterocycles. The maximum absolute atomic E-state index is 12.3. The maximum atomic E-state index is 12.3. The molecule has 2 amide bonds. The van der Waals surface area contributed by atoms with Crippen molar-refractivity contribution in [2.24, 2.45) is 5.92 Å². The maximum Gasteiger partial charge on any atom is 0.257 e. The van der Waals surface area contributed by atoms with Crippen LogP contribution in [0.1, 0.15) is 28.8 Å². The number of carbonyl (C=O) groups is 2. The van der Waals surface area contributed by atoms with Crippen LogP contribution in [0.5, 0.6) is 5.75 Å². The quantitative estimate of drug-likeness (QED) is 0.808. The monoisotopic (exact) mass is 356 g/mol. The Morgan fingerprint density at radius 1 is 1.19 bits per heavy atom. The zero-order chi connectivity index (χ0) is 18.4. The number of furan rings is 1. The van der Waals surface area contributed by atoms with Crippen LogP contribution in [0.25, 0.3) is 0 Å². The first-order valence-corrected chi connectivity index (χ1v) is 8.92. The van der Waals surface area contributed by atoms with Crippen LogP contribution in [0.15, 0.2) is 47.3 Å². The second-order valence-electron chi connectivity index (χ2n) is 6.53. The highest BCUT2D eigenvalue weighted by molar-refractivity contribution is 5.94. The summed E-state index contributed by atoms with van der Waals surface area (Å²) < 4.78 is 10.6. The van der Waals surface area contributed by atoms with Crippen molar-refractivity contribution in [2.75, 3.05) is 26.2 Å². The SMILES string of the molecule is Cc1ccc(OCCNC(=O)C2CCN(C(=O)c3ccoc3)CC2)cc1. The molecule has 0 unspecified atom stereocenters. The van der Waals surface area contributed by atoms with E-state index in [0.29, 0.717) is 44.6 Å². The molecule has 0 saturated carbocycles.